The van der Waals surface area contributed by atoms with Gasteiger partial charge in [-0.1, -0.05) is 29.8 Å². The summed E-state index contributed by atoms with van der Waals surface area (Å²) in [7, 11) is -1.03. The molecule has 0 bridgehead atoms. The van der Waals surface area contributed by atoms with Gasteiger partial charge in [0.1, 0.15) is 6.10 Å². The van der Waals surface area contributed by atoms with Crippen molar-refractivity contribution >= 4 is 28.3 Å². The molecule has 6 heteroatoms. The van der Waals surface area contributed by atoms with Gasteiger partial charge < -0.3 is 9.64 Å². The van der Waals surface area contributed by atoms with Gasteiger partial charge in [-0.3, -0.25) is 9.00 Å². The zero-order valence-electron chi connectivity index (χ0n) is 16.9. The Labute approximate surface area is 175 Å². The van der Waals surface area contributed by atoms with Gasteiger partial charge in [-0.2, -0.15) is 0 Å². The van der Waals surface area contributed by atoms with Crippen LogP contribution in [0.1, 0.15) is 51.6 Å². The number of rotatable bonds is 7. The summed E-state index contributed by atoms with van der Waals surface area (Å²) in [6.07, 6.45) is 3.86. The number of halogens is 1. The van der Waals surface area contributed by atoms with E-state index in [1.165, 1.54) is 0 Å². The minimum absolute atomic E-state index is 0.0195. The van der Waals surface area contributed by atoms with Crippen LogP contribution in [0.2, 0.25) is 5.02 Å². The van der Waals surface area contributed by atoms with Gasteiger partial charge in [0.2, 0.25) is 0 Å². The fourth-order valence-electron chi connectivity index (χ4n) is 3.66. The molecule has 0 aromatic heterocycles. The number of hydrogen-bond acceptors (Lipinski definition) is 3. The van der Waals surface area contributed by atoms with Crippen LogP contribution in [0.15, 0.2) is 36.9 Å². The van der Waals surface area contributed by atoms with Crippen LogP contribution in [0.3, 0.4) is 0 Å². The summed E-state index contributed by atoms with van der Waals surface area (Å²) < 4.78 is 18.6. The standard InChI is InChI=1S/C22H30ClNO3S/c1-5-6-20-21(25)24(18(13-27-20)15-9-11-17(23)12-10-15)19(16-7-8-16)14-28(26)22(2,3)4/h5,9-12,16,18-20H,1,6-8,13-14H2,2-4H3. The number of benzene rings is 1. The fourth-order valence-corrected chi connectivity index (χ4v) is 5.03. The average Bonchev–Trinajstić information content (AvgIpc) is 3.46. The smallest absolute Gasteiger partial charge is 0.252 e. The topological polar surface area (TPSA) is 46.6 Å². The highest BCUT2D eigenvalue weighted by atomic mass is 35.5. The number of morpholine rings is 1. The van der Waals surface area contributed by atoms with Gasteiger partial charge in [-0.25, -0.2) is 0 Å². The van der Waals surface area contributed by atoms with E-state index in [-0.39, 0.29) is 22.7 Å². The van der Waals surface area contributed by atoms with E-state index >= 15 is 0 Å². The van der Waals surface area contributed by atoms with Gasteiger partial charge >= 0.3 is 0 Å². The van der Waals surface area contributed by atoms with Crippen molar-refractivity contribution in [2.24, 2.45) is 5.92 Å². The number of amides is 1. The van der Waals surface area contributed by atoms with Crippen molar-refractivity contribution in [3.63, 3.8) is 0 Å². The molecule has 3 rings (SSSR count). The first kappa shape index (κ1) is 21.5. The Kier molecular flexibility index (Phi) is 6.68. The highest BCUT2D eigenvalue weighted by Gasteiger charge is 2.46. The summed E-state index contributed by atoms with van der Waals surface area (Å²) in [5, 5.41) is 0.662. The van der Waals surface area contributed by atoms with E-state index in [4.69, 9.17) is 16.3 Å². The van der Waals surface area contributed by atoms with Gasteiger partial charge in [0, 0.05) is 38.8 Å². The summed E-state index contributed by atoms with van der Waals surface area (Å²) in [6, 6.07) is 7.37. The van der Waals surface area contributed by atoms with E-state index in [0.29, 0.717) is 29.7 Å². The lowest BCUT2D eigenvalue weighted by Crippen LogP contribution is -2.56. The van der Waals surface area contributed by atoms with Crippen LogP contribution in [0, 0.1) is 5.92 Å². The molecule has 4 unspecified atom stereocenters. The minimum Gasteiger partial charge on any atom is -0.366 e. The van der Waals surface area contributed by atoms with Crippen molar-refractivity contribution in [3.8, 4) is 0 Å². The van der Waals surface area contributed by atoms with Gasteiger partial charge in [0.25, 0.3) is 5.91 Å². The first-order chi connectivity index (χ1) is 13.2. The maximum Gasteiger partial charge on any atom is 0.252 e. The number of ether oxygens (including phenoxy) is 1. The number of carbonyl (C=O) groups excluding carboxylic acids is 1. The highest BCUT2D eigenvalue weighted by molar-refractivity contribution is 7.86. The van der Waals surface area contributed by atoms with Crippen LogP contribution in [-0.4, -0.2) is 44.3 Å². The molecule has 1 saturated heterocycles. The summed E-state index contributed by atoms with van der Waals surface area (Å²) in [5.41, 5.74) is 1.00. The lowest BCUT2D eigenvalue weighted by Gasteiger charge is -2.44. The monoisotopic (exact) mass is 423 g/mol. The highest BCUT2D eigenvalue weighted by Crippen LogP contribution is 2.41. The van der Waals surface area contributed by atoms with Crippen LogP contribution >= 0.6 is 11.6 Å². The van der Waals surface area contributed by atoms with E-state index in [0.717, 1.165) is 18.4 Å². The molecule has 154 valence electrons. The fraction of sp³-hybridized carbons (Fsp3) is 0.591. The molecule has 28 heavy (non-hydrogen) atoms. The molecule has 1 aromatic rings. The second-order valence-corrected chi connectivity index (χ2v) is 11.4. The SMILES string of the molecule is C=CCC1OCC(c2ccc(Cl)cc2)N(C(CS(=O)C(C)(C)C)C2CC2)C1=O. The Bertz CT molecular complexity index is 739. The van der Waals surface area contributed by atoms with Crippen molar-refractivity contribution in [1.82, 2.24) is 4.90 Å². The molecule has 4 nitrogen and oxygen atoms in total. The third-order valence-corrected chi connectivity index (χ3v) is 7.75. The van der Waals surface area contributed by atoms with E-state index in [9.17, 15) is 9.00 Å². The average molecular weight is 424 g/mol. The first-order valence-electron chi connectivity index (χ1n) is 9.91. The third kappa shape index (κ3) is 4.87. The maximum absolute atomic E-state index is 13.4. The first-order valence-corrected chi connectivity index (χ1v) is 11.6. The van der Waals surface area contributed by atoms with Crippen molar-refractivity contribution in [2.45, 2.75) is 63.0 Å². The van der Waals surface area contributed by atoms with Gasteiger partial charge in [0.15, 0.2) is 0 Å². The molecule has 1 saturated carbocycles. The normalized spacial score (nSPS) is 25.4. The van der Waals surface area contributed by atoms with Crippen molar-refractivity contribution in [3.05, 3.63) is 47.5 Å². The van der Waals surface area contributed by atoms with Crippen molar-refractivity contribution < 1.29 is 13.7 Å². The van der Waals surface area contributed by atoms with Crippen molar-refractivity contribution in [2.75, 3.05) is 12.4 Å². The summed E-state index contributed by atoms with van der Waals surface area (Å²) in [4.78, 5) is 15.4. The molecule has 1 aliphatic carbocycles. The zero-order valence-corrected chi connectivity index (χ0v) is 18.5. The molecule has 1 heterocycles. The number of carbonyl (C=O) groups is 1. The Morgan fingerprint density at radius 3 is 2.50 bits per heavy atom. The maximum atomic E-state index is 13.4. The van der Waals surface area contributed by atoms with E-state index in [1.54, 1.807) is 6.08 Å². The molecule has 0 N–H and O–H groups in total. The molecule has 4 atom stereocenters. The Morgan fingerprint density at radius 2 is 1.96 bits per heavy atom. The Morgan fingerprint density at radius 1 is 1.32 bits per heavy atom. The van der Waals surface area contributed by atoms with Crippen LogP contribution in [-0.2, 0) is 20.3 Å². The van der Waals surface area contributed by atoms with E-state index in [2.05, 4.69) is 6.58 Å². The van der Waals surface area contributed by atoms with Crippen LogP contribution in [0.4, 0.5) is 0 Å². The Balaban J connectivity index is 1.94. The number of nitrogens with zero attached hydrogens (tertiary/aromatic N) is 1. The largest absolute Gasteiger partial charge is 0.366 e. The molecule has 2 aliphatic rings. The predicted octanol–water partition coefficient (Wildman–Crippen LogP) is 4.51. The second kappa shape index (κ2) is 8.68. The zero-order chi connectivity index (χ0) is 20.5. The quantitative estimate of drug-likeness (QED) is 0.606. The molecule has 2 fully saturated rings. The predicted molar refractivity (Wildman–Crippen MR) is 115 cm³/mol. The van der Waals surface area contributed by atoms with Crippen molar-refractivity contribution in [1.29, 1.82) is 0 Å². The summed E-state index contributed by atoms with van der Waals surface area (Å²) in [6.45, 7) is 10.2. The van der Waals surface area contributed by atoms with Gasteiger partial charge in [-0.05, 0) is 57.2 Å². The molecule has 1 amide bonds. The molecule has 0 radical (unpaired) electrons. The Hall–Kier alpha value is -1.17. The molecule has 1 aliphatic heterocycles. The lowest BCUT2D eigenvalue weighted by atomic mass is 9.98. The summed E-state index contributed by atoms with van der Waals surface area (Å²) in [5.74, 6) is 0.895. The lowest BCUT2D eigenvalue weighted by molar-refractivity contribution is -0.163. The molecule has 0 spiro atoms. The van der Waals surface area contributed by atoms with Gasteiger partial charge in [-0.15, -0.1) is 6.58 Å². The molecule has 1 aromatic carbocycles. The van der Waals surface area contributed by atoms with E-state index < -0.39 is 16.9 Å². The minimum atomic E-state index is -1.03. The second-order valence-electron chi connectivity index (χ2n) is 8.69. The van der Waals surface area contributed by atoms with Crippen LogP contribution in [0.5, 0.6) is 0 Å². The third-order valence-electron chi connectivity index (χ3n) is 5.49. The van der Waals surface area contributed by atoms with Crippen LogP contribution in [0.25, 0.3) is 0 Å². The molecular weight excluding hydrogens is 394 g/mol. The van der Waals surface area contributed by atoms with Gasteiger partial charge in [0.05, 0.1) is 12.6 Å². The number of hydrogen-bond donors (Lipinski definition) is 0. The molecular formula is C22H30ClNO3S. The van der Waals surface area contributed by atoms with E-state index in [1.807, 2.05) is 49.9 Å². The van der Waals surface area contributed by atoms with Crippen LogP contribution < -0.4 is 0 Å². The summed E-state index contributed by atoms with van der Waals surface area (Å²) >= 11 is 6.06.